The van der Waals surface area contributed by atoms with Gasteiger partial charge in [-0.3, -0.25) is 14.5 Å². The van der Waals surface area contributed by atoms with Crippen molar-refractivity contribution < 1.29 is 22.7 Å². The van der Waals surface area contributed by atoms with Gasteiger partial charge in [-0.2, -0.15) is 4.31 Å². The van der Waals surface area contributed by atoms with Crippen molar-refractivity contribution in [3.8, 4) is 0 Å². The van der Waals surface area contributed by atoms with Crippen LogP contribution in [0.15, 0.2) is 29.2 Å². The highest BCUT2D eigenvalue weighted by Gasteiger charge is 2.29. The van der Waals surface area contributed by atoms with Crippen LogP contribution in [0.1, 0.15) is 46.0 Å². The van der Waals surface area contributed by atoms with Crippen molar-refractivity contribution in [1.82, 2.24) is 9.21 Å². The molecule has 1 atom stereocenters. The molecule has 9 heteroatoms. The van der Waals surface area contributed by atoms with E-state index < -0.39 is 10.0 Å². The molecule has 0 radical (unpaired) electrons. The molecule has 0 saturated heterocycles. The third kappa shape index (κ3) is 7.02. The Bertz CT molecular complexity index is 835. The van der Waals surface area contributed by atoms with Gasteiger partial charge in [0.2, 0.25) is 15.9 Å². The van der Waals surface area contributed by atoms with Gasteiger partial charge in [0.25, 0.3) is 0 Å². The third-order valence-corrected chi connectivity index (χ3v) is 7.78. The van der Waals surface area contributed by atoms with E-state index in [1.807, 2.05) is 11.8 Å². The van der Waals surface area contributed by atoms with Crippen molar-refractivity contribution in [2.24, 2.45) is 5.92 Å². The van der Waals surface area contributed by atoms with Gasteiger partial charge in [0.1, 0.15) is 0 Å². The first-order chi connectivity index (χ1) is 14.7. The van der Waals surface area contributed by atoms with E-state index in [9.17, 15) is 18.0 Å². The van der Waals surface area contributed by atoms with Crippen LogP contribution >= 0.6 is 0 Å². The maximum absolute atomic E-state index is 12.9. The fraction of sp³-hybridized carbons (Fsp3) is 0.636. The second-order valence-corrected chi connectivity index (χ2v) is 10.1. The number of esters is 1. The first kappa shape index (κ1) is 25.3. The number of carbonyl (C=O) groups is 2. The Morgan fingerprint density at radius 1 is 1.16 bits per heavy atom. The van der Waals surface area contributed by atoms with Crippen molar-refractivity contribution in [2.45, 2.75) is 56.9 Å². The predicted octanol–water partition coefficient (Wildman–Crippen LogP) is 2.71. The van der Waals surface area contributed by atoms with Crippen molar-refractivity contribution >= 4 is 27.6 Å². The first-order valence-corrected chi connectivity index (χ1v) is 12.3. The number of anilines is 1. The number of ether oxygens (including phenoxy) is 1. The summed E-state index contributed by atoms with van der Waals surface area (Å²) in [4.78, 5) is 26.1. The Hall–Kier alpha value is -1.97. The summed E-state index contributed by atoms with van der Waals surface area (Å²) in [6.45, 7) is 4.83. The Labute approximate surface area is 186 Å². The topological polar surface area (TPSA) is 96.0 Å². The highest BCUT2D eigenvalue weighted by atomic mass is 32.2. The zero-order valence-corrected chi connectivity index (χ0v) is 19.8. The first-order valence-electron chi connectivity index (χ1n) is 10.9. The van der Waals surface area contributed by atoms with E-state index in [0.29, 0.717) is 18.8 Å². The molecule has 1 unspecified atom stereocenters. The molecule has 0 heterocycles. The second kappa shape index (κ2) is 11.6. The van der Waals surface area contributed by atoms with Crippen LogP contribution in [0.2, 0.25) is 0 Å². The van der Waals surface area contributed by atoms with Gasteiger partial charge in [0, 0.05) is 25.3 Å². The summed E-state index contributed by atoms with van der Waals surface area (Å²) < 4.78 is 32.1. The molecule has 0 bridgehead atoms. The van der Waals surface area contributed by atoms with Gasteiger partial charge in [-0.15, -0.1) is 0 Å². The van der Waals surface area contributed by atoms with Gasteiger partial charge in [-0.1, -0.05) is 33.1 Å². The van der Waals surface area contributed by atoms with Gasteiger partial charge >= 0.3 is 5.97 Å². The van der Waals surface area contributed by atoms with E-state index in [0.717, 1.165) is 32.1 Å². The summed E-state index contributed by atoms with van der Waals surface area (Å²) in [6, 6.07) is 6.31. The maximum Gasteiger partial charge on any atom is 0.309 e. The highest BCUT2D eigenvalue weighted by Crippen LogP contribution is 2.27. The number of sulfonamides is 1. The van der Waals surface area contributed by atoms with E-state index >= 15 is 0 Å². The number of rotatable bonds is 10. The Morgan fingerprint density at radius 3 is 2.32 bits per heavy atom. The number of amides is 1. The number of nitrogens with one attached hydrogen (secondary N) is 1. The van der Waals surface area contributed by atoms with E-state index in [2.05, 4.69) is 5.32 Å². The van der Waals surface area contributed by atoms with Crippen LogP contribution in [0.4, 0.5) is 5.69 Å². The fourth-order valence-electron chi connectivity index (χ4n) is 3.89. The van der Waals surface area contributed by atoms with Gasteiger partial charge in [0.05, 0.1) is 24.5 Å². The van der Waals surface area contributed by atoms with Crippen LogP contribution in [-0.2, 0) is 24.3 Å². The summed E-state index contributed by atoms with van der Waals surface area (Å²) in [5, 5.41) is 2.79. The highest BCUT2D eigenvalue weighted by molar-refractivity contribution is 7.89. The molecule has 174 valence electrons. The van der Waals surface area contributed by atoms with Crippen molar-refractivity contribution in [3.63, 3.8) is 0 Å². The molecule has 0 spiro atoms. The van der Waals surface area contributed by atoms with Crippen molar-refractivity contribution in [1.29, 1.82) is 0 Å². The summed E-state index contributed by atoms with van der Waals surface area (Å²) in [6.07, 6.45) is 5.07. The molecule has 0 aromatic heterocycles. The van der Waals surface area contributed by atoms with Crippen molar-refractivity contribution in [2.75, 3.05) is 39.1 Å². The SMILES string of the molecule is CCN(CC(=O)Nc1ccc(S(=O)(=O)N(C)C2CCCCC2)cc1)CC(C)C(=O)OC. The molecule has 1 fully saturated rings. The van der Waals surface area contributed by atoms with Gasteiger partial charge in [-0.05, 0) is 43.7 Å². The second-order valence-electron chi connectivity index (χ2n) is 8.14. The minimum atomic E-state index is -3.56. The lowest BCUT2D eigenvalue weighted by atomic mass is 9.96. The van der Waals surface area contributed by atoms with E-state index in [4.69, 9.17) is 4.74 Å². The molecule has 8 nitrogen and oxygen atoms in total. The molecule has 1 saturated carbocycles. The van der Waals surface area contributed by atoms with Gasteiger partial charge < -0.3 is 10.1 Å². The monoisotopic (exact) mass is 453 g/mol. The van der Waals surface area contributed by atoms with Gasteiger partial charge in [-0.25, -0.2) is 8.42 Å². The average Bonchev–Trinajstić information content (AvgIpc) is 2.78. The third-order valence-electron chi connectivity index (χ3n) is 5.85. The molecule has 1 amide bonds. The minimum Gasteiger partial charge on any atom is -0.469 e. The fourth-order valence-corrected chi connectivity index (χ4v) is 5.31. The van der Waals surface area contributed by atoms with Crippen LogP contribution in [-0.4, -0.2) is 69.3 Å². The quantitative estimate of drug-likeness (QED) is 0.547. The number of hydrogen-bond acceptors (Lipinski definition) is 6. The normalized spacial score (nSPS) is 16.3. The van der Waals surface area contributed by atoms with Crippen LogP contribution in [0.25, 0.3) is 0 Å². The number of likely N-dealkylation sites (N-methyl/N-ethyl adjacent to an activating group) is 1. The van der Waals surface area contributed by atoms with E-state index in [1.165, 1.54) is 23.5 Å². The Morgan fingerprint density at radius 2 is 1.77 bits per heavy atom. The Kier molecular flexibility index (Phi) is 9.46. The number of carbonyl (C=O) groups excluding carboxylic acids is 2. The zero-order chi connectivity index (χ0) is 23.0. The maximum atomic E-state index is 12.9. The molecular weight excluding hydrogens is 418 g/mol. The average molecular weight is 454 g/mol. The van der Waals surface area contributed by atoms with E-state index in [-0.39, 0.29) is 35.3 Å². The number of benzene rings is 1. The molecule has 0 aliphatic heterocycles. The largest absolute Gasteiger partial charge is 0.469 e. The summed E-state index contributed by atoms with van der Waals surface area (Å²) >= 11 is 0. The summed E-state index contributed by atoms with van der Waals surface area (Å²) in [5.74, 6) is -0.869. The van der Waals surface area contributed by atoms with Crippen LogP contribution in [0.5, 0.6) is 0 Å². The molecule has 1 aromatic rings. The summed E-state index contributed by atoms with van der Waals surface area (Å²) in [7, 11) is -0.568. The number of methoxy groups -OCH3 is 1. The van der Waals surface area contributed by atoms with Crippen LogP contribution in [0, 0.1) is 5.92 Å². The standard InChI is InChI=1S/C22H35N3O5S/c1-5-25(15-17(2)22(27)30-4)16-21(26)23-18-11-13-20(14-12-18)31(28,29)24(3)19-9-7-6-8-10-19/h11-14,17,19H,5-10,15-16H2,1-4H3,(H,23,26). The molecule has 1 aliphatic rings. The minimum absolute atomic E-state index is 0.0468. The lowest BCUT2D eigenvalue weighted by Crippen LogP contribution is -2.38. The number of hydrogen-bond donors (Lipinski definition) is 1. The molecule has 31 heavy (non-hydrogen) atoms. The molecular formula is C22H35N3O5S. The van der Waals surface area contributed by atoms with Crippen molar-refractivity contribution in [3.05, 3.63) is 24.3 Å². The lowest BCUT2D eigenvalue weighted by molar-refractivity contribution is -0.145. The summed E-state index contributed by atoms with van der Waals surface area (Å²) in [5.41, 5.74) is 0.529. The van der Waals surface area contributed by atoms with Crippen LogP contribution in [0.3, 0.4) is 0 Å². The Balaban J connectivity index is 1.96. The van der Waals surface area contributed by atoms with Gasteiger partial charge in [0.15, 0.2) is 0 Å². The van der Waals surface area contributed by atoms with Crippen LogP contribution < -0.4 is 5.32 Å². The molecule has 1 N–H and O–H groups in total. The predicted molar refractivity (Wildman–Crippen MR) is 120 cm³/mol. The molecule has 2 rings (SSSR count). The number of nitrogens with zero attached hydrogens (tertiary/aromatic N) is 2. The van der Waals surface area contributed by atoms with E-state index in [1.54, 1.807) is 26.1 Å². The zero-order valence-electron chi connectivity index (χ0n) is 19.0. The molecule has 1 aliphatic carbocycles. The lowest BCUT2D eigenvalue weighted by Gasteiger charge is -2.30. The molecule has 1 aromatic carbocycles. The smallest absolute Gasteiger partial charge is 0.309 e.